The van der Waals surface area contributed by atoms with Gasteiger partial charge in [0.15, 0.2) is 0 Å². The van der Waals surface area contributed by atoms with E-state index in [-0.39, 0.29) is 5.41 Å². The third kappa shape index (κ3) is 2.32. The topological polar surface area (TPSA) is 25.5 Å². The molecule has 3 aliphatic rings. The monoisotopic (exact) mass is 377 g/mol. The summed E-state index contributed by atoms with van der Waals surface area (Å²) in [4.78, 5) is 5.22. The summed E-state index contributed by atoms with van der Waals surface area (Å²) in [6.07, 6.45) is 12.0. The van der Waals surface area contributed by atoms with E-state index in [9.17, 15) is 0 Å². The molecule has 0 fully saturated rings. The first kappa shape index (κ1) is 16.8. The van der Waals surface area contributed by atoms with Gasteiger partial charge in [0, 0.05) is 21.6 Å². The van der Waals surface area contributed by atoms with Crippen LogP contribution in [0.15, 0.2) is 75.7 Å². The molecule has 2 heteroatoms. The SMILES string of the molecule is Cc1ccc2oc3c(c2c1)=C1c2ccccc2N=C(C2=CC=CCC2)C1(C)CC=3. The molecule has 2 heterocycles. The second-order valence-corrected chi connectivity index (χ2v) is 8.59. The van der Waals surface area contributed by atoms with Gasteiger partial charge in [-0.05, 0) is 68.5 Å². The van der Waals surface area contributed by atoms with Crippen molar-refractivity contribution in [2.45, 2.75) is 33.1 Å². The zero-order chi connectivity index (χ0) is 19.6. The molecular weight excluding hydrogens is 354 g/mol. The normalized spacial score (nSPS) is 22.3. The highest BCUT2D eigenvalue weighted by Crippen LogP contribution is 2.49. The number of nitrogens with zero attached hydrogens (tertiary/aromatic N) is 1. The fourth-order valence-corrected chi connectivity index (χ4v) is 5.21. The molecule has 142 valence electrons. The largest absolute Gasteiger partial charge is 0.456 e. The van der Waals surface area contributed by atoms with E-state index in [1.54, 1.807) is 0 Å². The van der Waals surface area contributed by atoms with Crippen LogP contribution >= 0.6 is 0 Å². The summed E-state index contributed by atoms with van der Waals surface area (Å²) in [5.74, 6) is 0. The van der Waals surface area contributed by atoms with Gasteiger partial charge in [-0.25, -0.2) is 0 Å². The molecule has 1 atom stereocenters. The first-order valence-corrected chi connectivity index (χ1v) is 10.4. The van der Waals surface area contributed by atoms with E-state index in [1.165, 1.54) is 38.6 Å². The molecule has 0 spiro atoms. The predicted octanol–water partition coefficient (Wildman–Crippen LogP) is 5.49. The molecule has 0 radical (unpaired) electrons. The highest BCUT2D eigenvalue weighted by Gasteiger charge is 2.42. The van der Waals surface area contributed by atoms with E-state index in [0.29, 0.717) is 0 Å². The molecule has 0 bridgehead atoms. The first-order valence-electron chi connectivity index (χ1n) is 10.4. The van der Waals surface area contributed by atoms with Gasteiger partial charge in [0.05, 0.1) is 11.4 Å². The van der Waals surface area contributed by atoms with Gasteiger partial charge < -0.3 is 4.42 Å². The maximum absolute atomic E-state index is 6.29. The molecule has 2 aliphatic carbocycles. The van der Waals surface area contributed by atoms with Gasteiger partial charge in [-0.3, -0.25) is 4.99 Å². The summed E-state index contributed by atoms with van der Waals surface area (Å²) >= 11 is 0. The van der Waals surface area contributed by atoms with Crippen LogP contribution in [0, 0.1) is 12.3 Å². The third-order valence-electron chi connectivity index (χ3n) is 6.61. The van der Waals surface area contributed by atoms with Gasteiger partial charge >= 0.3 is 0 Å². The molecule has 1 aromatic heterocycles. The summed E-state index contributed by atoms with van der Waals surface area (Å²) in [5.41, 5.74) is 9.34. The van der Waals surface area contributed by atoms with Crippen LogP contribution in [0.5, 0.6) is 0 Å². The molecule has 2 nitrogen and oxygen atoms in total. The Hall–Kier alpha value is -3.13. The van der Waals surface area contributed by atoms with Crippen molar-refractivity contribution in [3.63, 3.8) is 0 Å². The lowest BCUT2D eigenvalue weighted by atomic mass is 9.65. The molecule has 0 N–H and O–H groups in total. The quantitative estimate of drug-likeness (QED) is 0.550. The Bertz CT molecular complexity index is 1400. The van der Waals surface area contributed by atoms with Gasteiger partial charge in [-0.15, -0.1) is 0 Å². The number of fused-ring (bicyclic) bond motifs is 6. The van der Waals surface area contributed by atoms with Crippen molar-refractivity contribution in [3.8, 4) is 0 Å². The van der Waals surface area contributed by atoms with E-state index in [0.717, 1.165) is 35.9 Å². The molecule has 0 saturated carbocycles. The van der Waals surface area contributed by atoms with Crippen LogP contribution < -0.4 is 10.6 Å². The molecule has 3 aromatic rings. The number of benzene rings is 2. The second-order valence-electron chi connectivity index (χ2n) is 8.59. The Balaban J connectivity index is 1.79. The lowest BCUT2D eigenvalue weighted by Gasteiger charge is -2.39. The lowest BCUT2D eigenvalue weighted by Crippen LogP contribution is -2.42. The number of furan rings is 1. The predicted molar refractivity (Wildman–Crippen MR) is 120 cm³/mol. The molecule has 1 unspecified atom stereocenters. The Kier molecular flexibility index (Phi) is 3.44. The number of para-hydroxylation sites is 1. The van der Waals surface area contributed by atoms with Crippen LogP contribution in [0.3, 0.4) is 0 Å². The van der Waals surface area contributed by atoms with E-state index < -0.39 is 0 Å². The highest BCUT2D eigenvalue weighted by molar-refractivity contribution is 6.16. The number of hydrogen-bond donors (Lipinski definition) is 0. The van der Waals surface area contributed by atoms with Gasteiger partial charge in [0.25, 0.3) is 0 Å². The Morgan fingerprint density at radius 1 is 1.10 bits per heavy atom. The van der Waals surface area contributed by atoms with Crippen LogP contribution in [-0.4, -0.2) is 5.71 Å². The highest BCUT2D eigenvalue weighted by atomic mass is 16.3. The van der Waals surface area contributed by atoms with Gasteiger partial charge in [-0.1, -0.05) is 48.1 Å². The molecular formula is C27H23NO. The minimum Gasteiger partial charge on any atom is -0.456 e. The van der Waals surface area contributed by atoms with E-state index >= 15 is 0 Å². The molecule has 0 saturated heterocycles. The lowest BCUT2D eigenvalue weighted by molar-refractivity contribution is 0.552. The summed E-state index contributed by atoms with van der Waals surface area (Å²) in [7, 11) is 0. The first-order chi connectivity index (χ1) is 14.1. The standard InChI is InChI=1S/C27H23NO/c1-17-12-13-22-20(16-17)24-23(29-22)14-15-27(2)25(24)19-10-6-7-11-21(19)28-26(27)18-8-4-3-5-9-18/h3-4,6-8,10-14,16H,5,9,15H2,1-2H3. The maximum atomic E-state index is 6.29. The van der Waals surface area contributed by atoms with Crippen molar-refractivity contribution >= 4 is 34.0 Å². The van der Waals surface area contributed by atoms with Crippen LogP contribution in [0.4, 0.5) is 5.69 Å². The Morgan fingerprint density at radius 3 is 2.86 bits per heavy atom. The van der Waals surface area contributed by atoms with Gasteiger partial charge in [0.2, 0.25) is 0 Å². The van der Waals surface area contributed by atoms with Gasteiger partial charge in [-0.2, -0.15) is 0 Å². The van der Waals surface area contributed by atoms with Crippen molar-refractivity contribution < 1.29 is 4.42 Å². The average Bonchev–Trinajstić information content (AvgIpc) is 3.11. The summed E-state index contributed by atoms with van der Waals surface area (Å²) in [6.45, 7) is 4.51. The Morgan fingerprint density at radius 2 is 2.00 bits per heavy atom. The van der Waals surface area contributed by atoms with E-state index in [4.69, 9.17) is 9.41 Å². The summed E-state index contributed by atoms with van der Waals surface area (Å²) in [6, 6.07) is 15.1. The molecule has 0 amide bonds. The van der Waals surface area contributed by atoms with Crippen molar-refractivity contribution in [1.29, 1.82) is 0 Å². The van der Waals surface area contributed by atoms with E-state index in [1.807, 2.05) is 0 Å². The average molecular weight is 377 g/mol. The van der Waals surface area contributed by atoms with Crippen LogP contribution in [0.2, 0.25) is 0 Å². The van der Waals surface area contributed by atoms with Crippen molar-refractivity contribution in [3.05, 3.63) is 88.0 Å². The number of aliphatic imine (C=N–C) groups is 1. The van der Waals surface area contributed by atoms with Crippen molar-refractivity contribution in [1.82, 2.24) is 0 Å². The molecule has 29 heavy (non-hydrogen) atoms. The number of allylic oxidation sites excluding steroid dienone is 4. The maximum Gasteiger partial charge on any atom is 0.135 e. The third-order valence-corrected chi connectivity index (χ3v) is 6.61. The van der Waals surface area contributed by atoms with Gasteiger partial charge in [0.1, 0.15) is 11.0 Å². The van der Waals surface area contributed by atoms with Crippen LogP contribution in [-0.2, 0) is 0 Å². The van der Waals surface area contributed by atoms with Crippen LogP contribution in [0.25, 0.3) is 22.6 Å². The molecule has 2 aromatic carbocycles. The zero-order valence-electron chi connectivity index (χ0n) is 16.8. The summed E-state index contributed by atoms with van der Waals surface area (Å²) < 4.78 is 6.29. The fourth-order valence-electron chi connectivity index (χ4n) is 5.21. The Labute approximate surface area is 170 Å². The smallest absolute Gasteiger partial charge is 0.135 e. The minimum atomic E-state index is -0.154. The molecule has 1 aliphatic heterocycles. The number of rotatable bonds is 1. The minimum absolute atomic E-state index is 0.154. The molecule has 6 rings (SSSR count). The second kappa shape index (κ2) is 5.93. The zero-order valence-corrected chi connectivity index (χ0v) is 16.8. The van der Waals surface area contributed by atoms with Crippen molar-refractivity contribution in [2.75, 3.05) is 0 Å². The van der Waals surface area contributed by atoms with Crippen molar-refractivity contribution in [2.24, 2.45) is 10.4 Å². The number of hydrogen-bond acceptors (Lipinski definition) is 2. The fraction of sp³-hybridized carbons (Fsp3) is 0.222. The van der Waals surface area contributed by atoms with E-state index in [2.05, 4.69) is 80.6 Å². The summed E-state index contributed by atoms with van der Waals surface area (Å²) in [5, 5.41) is 2.47. The van der Waals surface area contributed by atoms with Crippen LogP contribution in [0.1, 0.15) is 37.3 Å². The number of aryl methyl sites for hydroxylation is 1.